The van der Waals surface area contributed by atoms with Crippen LogP contribution in [-0.2, 0) is 10.0 Å². The summed E-state index contributed by atoms with van der Waals surface area (Å²) in [4.78, 5) is 0.323. The quantitative estimate of drug-likeness (QED) is 0.537. The molecule has 2 aromatic rings. The van der Waals surface area contributed by atoms with E-state index < -0.39 is 10.0 Å². The van der Waals surface area contributed by atoms with Crippen LogP contribution in [0.3, 0.4) is 0 Å². The number of methoxy groups -OCH3 is 1. The van der Waals surface area contributed by atoms with Gasteiger partial charge in [-0.25, -0.2) is 8.42 Å². The van der Waals surface area contributed by atoms with Gasteiger partial charge in [-0.3, -0.25) is 0 Å². The predicted octanol–water partition coefficient (Wildman–Crippen LogP) is 4.50. The van der Waals surface area contributed by atoms with Crippen LogP contribution in [0.1, 0.15) is 10.9 Å². The molecule has 0 spiro atoms. The summed E-state index contributed by atoms with van der Waals surface area (Å²) in [6.45, 7) is 0.485. The number of ether oxygens (including phenoxy) is 1. The monoisotopic (exact) mass is 539 g/mol. The van der Waals surface area contributed by atoms with Gasteiger partial charge in [0.05, 0.1) is 17.4 Å². The lowest BCUT2D eigenvalue weighted by Gasteiger charge is -2.25. The normalized spacial score (nSPS) is 18.7. The lowest BCUT2D eigenvalue weighted by molar-refractivity contribution is 0.390. The van der Waals surface area contributed by atoms with Crippen molar-refractivity contribution < 1.29 is 13.2 Å². The molecular formula is C16H15BrINO3S2. The van der Waals surface area contributed by atoms with E-state index in [2.05, 4.69) is 38.5 Å². The fourth-order valence-electron chi connectivity index (χ4n) is 2.59. The second-order valence-corrected chi connectivity index (χ2v) is 10.4. The summed E-state index contributed by atoms with van der Waals surface area (Å²) in [5.74, 6) is 1.45. The fourth-order valence-corrected chi connectivity index (χ4v) is 6.57. The Bertz CT molecular complexity index is 843. The maximum absolute atomic E-state index is 13.1. The van der Waals surface area contributed by atoms with Crippen LogP contribution < -0.4 is 4.74 Å². The Kier molecular flexibility index (Phi) is 5.80. The van der Waals surface area contributed by atoms with Gasteiger partial charge in [-0.1, -0.05) is 15.9 Å². The first-order valence-electron chi connectivity index (χ1n) is 7.16. The Morgan fingerprint density at radius 1 is 1.25 bits per heavy atom. The molecule has 0 unspecified atom stereocenters. The third kappa shape index (κ3) is 3.62. The predicted molar refractivity (Wildman–Crippen MR) is 109 cm³/mol. The number of rotatable bonds is 4. The summed E-state index contributed by atoms with van der Waals surface area (Å²) < 4.78 is 35.0. The molecule has 24 heavy (non-hydrogen) atoms. The van der Waals surface area contributed by atoms with Gasteiger partial charge in [0.15, 0.2) is 0 Å². The van der Waals surface area contributed by atoms with Crippen molar-refractivity contribution in [3.05, 3.63) is 56.1 Å². The summed E-state index contributed by atoms with van der Waals surface area (Å²) in [5.41, 5.74) is 0.864. The molecule has 0 aromatic heterocycles. The lowest BCUT2D eigenvalue weighted by atomic mass is 10.2. The molecule has 0 amide bonds. The van der Waals surface area contributed by atoms with Crippen molar-refractivity contribution in [3.8, 4) is 5.75 Å². The zero-order valence-corrected chi connectivity index (χ0v) is 18.2. The van der Waals surface area contributed by atoms with Crippen molar-refractivity contribution in [3.63, 3.8) is 0 Å². The van der Waals surface area contributed by atoms with E-state index in [4.69, 9.17) is 4.74 Å². The Morgan fingerprint density at radius 2 is 1.96 bits per heavy atom. The summed E-state index contributed by atoms with van der Waals surface area (Å²) in [5, 5.41) is -0.290. The largest absolute Gasteiger partial charge is 0.496 e. The minimum atomic E-state index is -3.55. The van der Waals surface area contributed by atoms with Gasteiger partial charge in [-0.15, -0.1) is 11.8 Å². The van der Waals surface area contributed by atoms with E-state index in [9.17, 15) is 8.42 Å². The summed E-state index contributed by atoms with van der Waals surface area (Å²) in [7, 11) is -1.95. The highest BCUT2D eigenvalue weighted by Crippen LogP contribution is 2.45. The molecule has 4 nitrogen and oxygen atoms in total. The Labute approximate surface area is 168 Å². The lowest BCUT2D eigenvalue weighted by Crippen LogP contribution is -2.30. The Balaban J connectivity index is 2.02. The highest BCUT2D eigenvalue weighted by atomic mass is 127. The van der Waals surface area contributed by atoms with Crippen LogP contribution in [0.5, 0.6) is 5.75 Å². The molecule has 1 aliphatic rings. The number of halogens is 2. The number of sulfonamides is 1. The molecule has 1 heterocycles. The van der Waals surface area contributed by atoms with Gasteiger partial charge in [0, 0.05) is 25.9 Å². The third-order valence-electron chi connectivity index (χ3n) is 3.73. The molecule has 1 aliphatic heterocycles. The SMILES string of the molecule is COc1ccc(Br)cc1[C@@H]1SCCN1S(=O)(=O)c1ccc(I)cc1. The number of benzene rings is 2. The van der Waals surface area contributed by atoms with E-state index in [1.165, 1.54) is 0 Å². The van der Waals surface area contributed by atoms with Crippen LogP contribution in [0.2, 0.25) is 0 Å². The van der Waals surface area contributed by atoms with Gasteiger partial charge in [-0.2, -0.15) is 4.31 Å². The molecule has 0 radical (unpaired) electrons. The minimum absolute atomic E-state index is 0.290. The van der Waals surface area contributed by atoms with Gasteiger partial charge >= 0.3 is 0 Å². The first-order chi connectivity index (χ1) is 11.4. The van der Waals surface area contributed by atoms with Crippen molar-refractivity contribution in [2.24, 2.45) is 0 Å². The highest BCUT2D eigenvalue weighted by molar-refractivity contribution is 14.1. The summed E-state index contributed by atoms with van der Waals surface area (Å²) >= 11 is 7.24. The highest BCUT2D eigenvalue weighted by Gasteiger charge is 2.38. The maximum atomic E-state index is 13.1. The molecule has 0 aliphatic carbocycles. The molecule has 0 N–H and O–H groups in total. The molecule has 1 saturated heterocycles. The minimum Gasteiger partial charge on any atom is -0.496 e. The molecule has 0 saturated carbocycles. The first-order valence-corrected chi connectivity index (χ1v) is 11.5. The maximum Gasteiger partial charge on any atom is 0.244 e. The molecule has 2 aromatic carbocycles. The zero-order chi connectivity index (χ0) is 17.3. The van der Waals surface area contributed by atoms with E-state index in [0.717, 1.165) is 19.4 Å². The van der Waals surface area contributed by atoms with Crippen molar-refractivity contribution in [1.82, 2.24) is 4.31 Å². The van der Waals surface area contributed by atoms with Crippen molar-refractivity contribution in [1.29, 1.82) is 0 Å². The number of thioether (sulfide) groups is 1. The van der Waals surface area contributed by atoms with E-state index >= 15 is 0 Å². The second-order valence-electron chi connectivity index (χ2n) is 5.18. The molecule has 1 atom stereocenters. The van der Waals surface area contributed by atoms with Crippen molar-refractivity contribution >= 4 is 60.3 Å². The van der Waals surface area contributed by atoms with Crippen molar-refractivity contribution in [2.75, 3.05) is 19.4 Å². The molecule has 1 fully saturated rings. The van der Waals surface area contributed by atoms with Gasteiger partial charge in [0.25, 0.3) is 0 Å². The standard InChI is InChI=1S/C16H15BrINO3S2/c1-22-15-7-2-11(17)10-14(15)16-19(8-9-23-16)24(20,21)13-5-3-12(18)4-6-13/h2-7,10,16H,8-9H2,1H3/t16-/m0/s1. The van der Waals surface area contributed by atoms with E-state index in [1.54, 1.807) is 35.3 Å². The smallest absolute Gasteiger partial charge is 0.244 e. The van der Waals surface area contributed by atoms with Crippen LogP contribution in [0, 0.1) is 3.57 Å². The van der Waals surface area contributed by atoms with E-state index in [0.29, 0.717) is 17.2 Å². The second kappa shape index (κ2) is 7.53. The van der Waals surface area contributed by atoms with Gasteiger partial charge < -0.3 is 4.74 Å². The summed E-state index contributed by atoms with van der Waals surface area (Å²) in [6.07, 6.45) is 0. The molecular weight excluding hydrogens is 525 g/mol. The van der Waals surface area contributed by atoms with Crippen LogP contribution in [0.4, 0.5) is 0 Å². The third-order valence-corrected chi connectivity index (χ3v) is 8.19. The van der Waals surface area contributed by atoms with E-state index in [1.807, 2.05) is 30.3 Å². The van der Waals surface area contributed by atoms with E-state index in [-0.39, 0.29) is 5.37 Å². The Hall–Kier alpha value is -0.290. The Morgan fingerprint density at radius 3 is 2.62 bits per heavy atom. The molecule has 8 heteroatoms. The number of hydrogen-bond acceptors (Lipinski definition) is 4. The van der Waals surface area contributed by atoms with Gasteiger partial charge in [-0.05, 0) is 65.1 Å². The van der Waals surface area contributed by atoms with Crippen LogP contribution in [0.15, 0.2) is 51.8 Å². The average molecular weight is 540 g/mol. The molecule has 128 valence electrons. The average Bonchev–Trinajstić information content (AvgIpc) is 3.05. The van der Waals surface area contributed by atoms with Crippen molar-refractivity contribution in [2.45, 2.75) is 10.3 Å². The first kappa shape index (κ1) is 18.5. The van der Waals surface area contributed by atoms with Gasteiger partial charge in [0.2, 0.25) is 10.0 Å². The zero-order valence-electron chi connectivity index (χ0n) is 12.8. The fraction of sp³-hybridized carbons (Fsp3) is 0.250. The van der Waals surface area contributed by atoms with Crippen LogP contribution in [0.25, 0.3) is 0 Å². The van der Waals surface area contributed by atoms with Gasteiger partial charge in [0.1, 0.15) is 5.75 Å². The number of hydrogen-bond donors (Lipinski definition) is 0. The molecule has 3 rings (SSSR count). The summed E-state index contributed by atoms with van der Waals surface area (Å²) in [6, 6.07) is 12.6. The molecule has 0 bridgehead atoms. The number of nitrogens with zero attached hydrogens (tertiary/aromatic N) is 1. The van der Waals surface area contributed by atoms with Crippen LogP contribution >= 0.6 is 50.3 Å². The topological polar surface area (TPSA) is 46.6 Å². The van der Waals surface area contributed by atoms with Crippen LogP contribution in [-0.4, -0.2) is 32.1 Å².